The molecule has 7 rings (SSSR count). The lowest BCUT2D eigenvalue weighted by molar-refractivity contribution is -0.384. The highest BCUT2D eigenvalue weighted by atomic mass is 32.1. The number of nitro benzene ring substituents is 1. The van der Waals surface area contributed by atoms with Crippen LogP contribution in [-0.2, 0) is 13.0 Å². The summed E-state index contributed by atoms with van der Waals surface area (Å²) < 4.78 is 19.5. The Morgan fingerprint density at radius 1 is 0.957 bits per heavy atom. The van der Waals surface area contributed by atoms with Crippen LogP contribution in [0.25, 0.3) is 11.8 Å². The maximum Gasteiger partial charge on any atom is 0.271 e. The van der Waals surface area contributed by atoms with Crippen LogP contribution in [0, 0.1) is 10.1 Å². The van der Waals surface area contributed by atoms with Gasteiger partial charge in [0.15, 0.2) is 16.3 Å². The molecular weight excluding hydrogens is 602 g/mol. The number of aromatic nitrogens is 1. The van der Waals surface area contributed by atoms with Crippen molar-refractivity contribution >= 4 is 28.8 Å². The third-order valence-corrected chi connectivity index (χ3v) is 9.29. The average molecular weight is 632 g/mol. The van der Waals surface area contributed by atoms with Crippen molar-refractivity contribution in [3.8, 4) is 17.2 Å². The molecule has 1 atom stereocenters. The van der Waals surface area contributed by atoms with Crippen molar-refractivity contribution in [2.45, 2.75) is 25.5 Å². The predicted octanol–water partition coefficient (Wildman–Crippen LogP) is 5.82. The lowest BCUT2D eigenvalue weighted by atomic mass is 9.83. The van der Waals surface area contributed by atoms with Gasteiger partial charge in [0.25, 0.3) is 11.2 Å². The molecule has 0 N–H and O–H groups in total. The number of fused-ring (bicyclic) bond motifs is 3. The zero-order valence-corrected chi connectivity index (χ0v) is 26.0. The Labute approximate surface area is 268 Å². The summed E-state index contributed by atoms with van der Waals surface area (Å²) in [6.45, 7) is 0.252. The number of rotatable bonds is 8. The fourth-order valence-electron chi connectivity index (χ4n) is 6.07. The number of thiazole rings is 1. The Bertz CT molecular complexity index is 2200. The van der Waals surface area contributed by atoms with Gasteiger partial charge in [0.2, 0.25) is 0 Å². The molecule has 46 heavy (non-hydrogen) atoms. The Hall–Kier alpha value is -5.48. The van der Waals surface area contributed by atoms with Gasteiger partial charge in [-0.25, -0.2) is 4.99 Å². The number of nitro groups is 1. The van der Waals surface area contributed by atoms with Gasteiger partial charge >= 0.3 is 0 Å². The summed E-state index contributed by atoms with van der Waals surface area (Å²) in [7, 11) is 3.22. The van der Waals surface area contributed by atoms with E-state index in [0.717, 1.165) is 46.4 Å². The van der Waals surface area contributed by atoms with Crippen LogP contribution in [0.5, 0.6) is 17.2 Å². The molecule has 0 bridgehead atoms. The predicted molar refractivity (Wildman–Crippen MR) is 176 cm³/mol. The van der Waals surface area contributed by atoms with Gasteiger partial charge in [-0.2, -0.15) is 0 Å². The summed E-state index contributed by atoms with van der Waals surface area (Å²) in [6, 6.07) is 27.6. The second-order valence-electron chi connectivity index (χ2n) is 11.0. The third-order valence-electron chi connectivity index (χ3n) is 8.30. The zero-order valence-electron chi connectivity index (χ0n) is 25.1. The van der Waals surface area contributed by atoms with E-state index in [0.29, 0.717) is 26.6 Å². The van der Waals surface area contributed by atoms with E-state index in [9.17, 15) is 14.9 Å². The third kappa shape index (κ3) is 5.37. The molecule has 2 heterocycles. The summed E-state index contributed by atoms with van der Waals surface area (Å²) in [5, 5.41) is 11.0. The number of non-ortho nitro benzene ring substituents is 1. The smallest absolute Gasteiger partial charge is 0.271 e. The van der Waals surface area contributed by atoms with Crippen molar-refractivity contribution < 1.29 is 19.1 Å². The van der Waals surface area contributed by atoms with Crippen LogP contribution >= 0.6 is 11.3 Å². The molecule has 4 aromatic carbocycles. The van der Waals surface area contributed by atoms with Gasteiger partial charge in [-0.15, -0.1) is 0 Å². The number of nitrogens with zero attached hydrogens (tertiary/aromatic N) is 3. The maximum absolute atomic E-state index is 14.2. The molecule has 1 aliphatic heterocycles. The molecular formula is C36H29N3O6S. The second kappa shape index (κ2) is 12.1. The van der Waals surface area contributed by atoms with Gasteiger partial charge < -0.3 is 14.2 Å². The van der Waals surface area contributed by atoms with Gasteiger partial charge in [-0.1, -0.05) is 53.8 Å². The number of ether oxygens (including phenoxy) is 3. The first-order valence-corrected chi connectivity index (χ1v) is 15.6. The first-order chi connectivity index (χ1) is 22.4. The summed E-state index contributed by atoms with van der Waals surface area (Å²) >= 11 is 1.37. The maximum atomic E-state index is 14.2. The standard InChI is InChI=1S/C36H29N3O6S/c1-43-30-17-13-25(20-31(30)44-2)34-29-16-12-24-7-3-4-9-28(24)33(29)37-36-38(34)35(40)32(46-36)19-23-6-5-8-27(18-23)45-21-22-10-14-26(15-11-22)39(41)42/h3-11,13-15,17-20,34H,12,16,21H2,1-2H3/b32-19+/t34-/m1/s1. The van der Waals surface area contributed by atoms with Gasteiger partial charge in [-0.05, 0) is 83.1 Å². The van der Waals surface area contributed by atoms with E-state index in [1.54, 1.807) is 30.9 Å². The highest BCUT2D eigenvalue weighted by molar-refractivity contribution is 7.07. The Kier molecular flexibility index (Phi) is 7.71. The van der Waals surface area contributed by atoms with E-state index >= 15 is 0 Å². The van der Waals surface area contributed by atoms with Crippen molar-refractivity contribution in [3.63, 3.8) is 0 Å². The van der Waals surface area contributed by atoms with E-state index < -0.39 is 4.92 Å². The van der Waals surface area contributed by atoms with Gasteiger partial charge in [-0.3, -0.25) is 19.5 Å². The van der Waals surface area contributed by atoms with Crippen LogP contribution in [0.2, 0.25) is 0 Å². The average Bonchev–Trinajstić information content (AvgIpc) is 3.40. The number of benzene rings is 4. The minimum atomic E-state index is -0.428. The SMILES string of the molecule is COc1ccc([C@@H]2C3=C(N=c4s/c(=C/c5cccc(OCc6ccc([N+](=O)[O-])cc6)c5)c(=O)n42)c2ccccc2CC3)cc1OC. The molecule has 0 radical (unpaired) electrons. The molecule has 0 amide bonds. The monoisotopic (exact) mass is 631 g/mol. The Morgan fingerprint density at radius 2 is 1.76 bits per heavy atom. The van der Waals surface area contributed by atoms with Crippen LogP contribution in [0.15, 0.2) is 106 Å². The van der Waals surface area contributed by atoms with Crippen molar-refractivity contribution in [1.82, 2.24) is 4.57 Å². The van der Waals surface area contributed by atoms with Gasteiger partial charge in [0.05, 0.1) is 35.4 Å². The molecule has 0 spiro atoms. The molecule has 0 saturated heterocycles. The number of methoxy groups -OCH3 is 2. The first kappa shape index (κ1) is 29.2. The molecule has 10 heteroatoms. The number of hydrogen-bond acceptors (Lipinski definition) is 8. The second-order valence-corrected chi connectivity index (χ2v) is 12.0. The van der Waals surface area contributed by atoms with E-state index in [-0.39, 0.29) is 23.9 Å². The first-order valence-electron chi connectivity index (χ1n) is 14.7. The van der Waals surface area contributed by atoms with E-state index in [1.165, 1.54) is 29.0 Å². The largest absolute Gasteiger partial charge is 0.493 e. The van der Waals surface area contributed by atoms with Crippen molar-refractivity contribution in [2.75, 3.05) is 14.2 Å². The van der Waals surface area contributed by atoms with Gasteiger partial charge in [0, 0.05) is 17.7 Å². The number of aryl methyl sites for hydroxylation is 1. The summed E-state index contributed by atoms with van der Waals surface area (Å²) in [5.74, 6) is 1.84. The summed E-state index contributed by atoms with van der Waals surface area (Å²) in [5.41, 5.74) is 6.84. The van der Waals surface area contributed by atoms with Crippen molar-refractivity contribution in [3.05, 3.63) is 154 Å². The minimum Gasteiger partial charge on any atom is -0.493 e. The molecule has 0 unspecified atom stereocenters. The lowest BCUT2D eigenvalue weighted by Crippen LogP contribution is -2.38. The molecule has 9 nitrogen and oxygen atoms in total. The topological polar surface area (TPSA) is 105 Å². The molecule has 1 aliphatic carbocycles. The Balaban J connectivity index is 1.29. The lowest BCUT2D eigenvalue weighted by Gasteiger charge is -2.31. The summed E-state index contributed by atoms with van der Waals surface area (Å²) in [6.07, 6.45) is 3.52. The highest BCUT2D eigenvalue weighted by Gasteiger charge is 2.33. The molecule has 0 fully saturated rings. The van der Waals surface area contributed by atoms with E-state index in [2.05, 4.69) is 18.2 Å². The Morgan fingerprint density at radius 3 is 2.54 bits per heavy atom. The van der Waals surface area contributed by atoms with Gasteiger partial charge in [0.1, 0.15) is 12.4 Å². The number of allylic oxidation sites excluding steroid dienone is 1. The van der Waals surface area contributed by atoms with Crippen molar-refractivity contribution in [1.29, 1.82) is 0 Å². The highest BCUT2D eigenvalue weighted by Crippen LogP contribution is 2.42. The van der Waals surface area contributed by atoms with Crippen LogP contribution in [0.3, 0.4) is 0 Å². The van der Waals surface area contributed by atoms with Crippen LogP contribution in [0.1, 0.15) is 40.3 Å². The fourth-order valence-corrected chi connectivity index (χ4v) is 7.07. The zero-order chi connectivity index (χ0) is 31.8. The summed E-state index contributed by atoms with van der Waals surface area (Å²) in [4.78, 5) is 30.5. The van der Waals surface area contributed by atoms with Crippen LogP contribution in [-0.4, -0.2) is 23.7 Å². The molecule has 230 valence electrons. The van der Waals surface area contributed by atoms with Crippen LogP contribution in [0.4, 0.5) is 5.69 Å². The molecule has 5 aromatic rings. The van der Waals surface area contributed by atoms with Crippen molar-refractivity contribution in [2.24, 2.45) is 4.99 Å². The van der Waals surface area contributed by atoms with E-state index in [4.69, 9.17) is 19.2 Å². The molecule has 1 aromatic heterocycles. The quantitative estimate of drug-likeness (QED) is 0.158. The molecule has 2 aliphatic rings. The van der Waals surface area contributed by atoms with Crippen LogP contribution < -0.4 is 29.1 Å². The minimum absolute atomic E-state index is 0.0330. The van der Waals surface area contributed by atoms with E-state index in [1.807, 2.05) is 54.6 Å². The molecule has 0 saturated carbocycles. The fraction of sp³-hybridized carbons (Fsp3) is 0.167. The normalized spacial score (nSPS) is 15.3. The number of hydrogen-bond donors (Lipinski definition) is 0.